The molecule has 3 aliphatic heterocycles. The first-order valence-corrected chi connectivity index (χ1v) is 12.0. The first-order valence-electron chi connectivity index (χ1n) is 10.5. The van der Waals surface area contributed by atoms with Crippen LogP contribution in [0, 0.1) is 0 Å². The van der Waals surface area contributed by atoms with Gasteiger partial charge in [-0.1, -0.05) is 42.5 Å². The van der Waals surface area contributed by atoms with Crippen LogP contribution in [-0.4, -0.2) is 67.2 Å². The van der Waals surface area contributed by atoms with Crippen molar-refractivity contribution in [2.45, 2.75) is 36.3 Å². The number of rotatable bonds is 5. The smallest absolute Gasteiger partial charge is 0.227 e. The van der Waals surface area contributed by atoms with Crippen LogP contribution in [-0.2, 0) is 32.5 Å². The highest BCUT2D eigenvalue weighted by Gasteiger charge is 2.65. The molecule has 2 aromatic carbocycles. The molecule has 3 heterocycles. The highest BCUT2D eigenvalue weighted by Crippen LogP contribution is 2.47. The molecular formula is C23H26N2O5S. The van der Waals surface area contributed by atoms with Gasteiger partial charge in [0, 0.05) is 19.6 Å². The fraction of sp³-hybridized carbons (Fsp3) is 0.435. The second-order valence-electron chi connectivity index (χ2n) is 8.63. The predicted molar refractivity (Wildman–Crippen MR) is 115 cm³/mol. The summed E-state index contributed by atoms with van der Waals surface area (Å²) in [5.41, 5.74) is 1.01. The largest absolute Gasteiger partial charge is 0.497 e. The summed E-state index contributed by atoms with van der Waals surface area (Å²) in [5.74, 6) is 0.750. The Morgan fingerprint density at radius 1 is 1.10 bits per heavy atom. The van der Waals surface area contributed by atoms with Crippen molar-refractivity contribution < 1.29 is 22.7 Å². The standard InChI is InChI=1S/C23H26N2O5S/c1-29-19-9-7-18(8-10-19)13-25-16-23-15-24(22(26)11-17-5-3-2-4-6-17)14-20(30-23)12-21(23)31(25,27)28/h2-10,20-21H,11-16H2,1H3/t20-,21+,23+/m1/s1. The van der Waals surface area contributed by atoms with E-state index in [0.29, 0.717) is 25.9 Å². The van der Waals surface area contributed by atoms with Gasteiger partial charge in [0.1, 0.15) is 16.6 Å². The predicted octanol–water partition coefficient (Wildman–Crippen LogP) is 1.82. The molecule has 3 aliphatic rings. The van der Waals surface area contributed by atoms with Gasteiger partial charge in [0.05, 0.1) is 26.2 Å². The van der Waals surface area contributed by atoms with Crippen LogP contribution in [0.25, 0.3) is 0 Å². The van der Waals surface area contributed by atoms with E-state index in [-0.39, 0.29) is 25.1 Å². The Kier molecular flexibility index (Phi) is 5.03. The minimum Gasteiger partial charge on any atom is -0.497 e. The number of carbonyl (C=O) groups excluding carboxylic acids is 1. The Bertz CT molecular complexity index is 1070. The number of methoxy groups -OCH3 is 1. The van der Waals surface area contributed by atoms with Crippen LogP contribution < -0.4 is 4.74 Å². The molecule has 0 radical (unpaired) electrons. The molecule has 3 fully saturated rings. The summed E-state index contributed by atoms with van der Waals surface area (Å²) >= 11 is 0. The van der Waals surface area contributed by atoms with Gasteiger partial charge in [0.15, 0.2) is 0 Å². The van der Waals surface area contributed by atoms with Crippen molar-refractivity contribution in [3.8, 4) is 5.75 Å². The van der Waals surface area contributed by atoms with Crippen molar-refractivity contribution in [2.75, 3.05) is 26.7 Å². The van der Waals surface area contributed by atoms with Gasteiger partial charge in [-0.2, -0.15) is 4.31 Å². The molecule has 0 aromatic heterocycles. The van der Waals surface area contributed by atoms with Gasteiger partial charge < -0.3 is 14.4 Å². The van der Waals surface area contributed by atoms with Crippen LogP contribution in [0.1, 0.15) is 17.5 Å². The zero-order valence-corrected chi connectivity index (χ0v) is 18.3. The molecule has 164 valence electrons. The van der Waals surface area contributed by atoms with Gasteiger partial charge >= 0.3 is 0 Å². The summed E-state index contributed by atoms with van der Waals surface area (Å²) in [6, 6.07) is 17.0. The van der Waals surface area contributed by atoms with Gasteiger partial charge in [0.25, 0.3) is 0 Å². The van der Waals surface area contributed by atoms with Crippen molar-refractivity contribution in [2.24, 2.45) is 0 Å². The molecular weight excluding hydrogens is 416 g/mol. The molecule has 0 N–H and O–H groups in total. The molecule has 2 aromatic rings. The summed E-state index contributed by atoms with van der Waals surface area (Å²) in [6.07, 6.45) is 0.532. The van der Waals surface area contributed by atoms with Crippen LogP contribution in [0.3, 0.4) is 0 Å². The summed E-state index contributed by atoms with van der Waals surface area (Å²) < 4.78 is 39.6. The maximum Gasteiger partial charge on any atom is 0.227 e. The fourth-order valence-electron chi connectivity index (χ4n) is 5.10. The Morgan fingerprint density at radius 3 is 2.55 bits per heavy atom. The van der Waals surface area contributed by atoms with Gasteiger partial charge in [-0.3, -0.25) is 4.79 Å². The molecule has 0 unspecified atom stereocenters. The molecule has 1 spiro atoms. The van der Waals surface area contributed by atoms with E-state index >= 15 is 0 Å². The van der Waals surface area contributed by atoms with E-state index in [4.69, 9.17) is 9.47 Å². The molecule has 3 atom stereocenters. The minimum absolute atomic E-state index is 0.0190. The van der Waals surface area contributed by atoms with Crippen LogP contribution in [0.2, 0.25) is 0 Å². The second kappa shape index (κ2) is 7.62. The van der Waals surface area contributed by atoms with Crippen LogP contribution in [0.15, 0.2) is 54.6 Å². The lowest BCUT2D eigenvalue weighted by Gasteiger charge is -2.39. The molecule has 1 amide bonds. The molecule has 2 bridgehead atoms. The number of morpholine rings is 1. The Balaban J connectivity index is 1.34. The number of hydrogen-bond acceptors (Lipinski definition) is 5. The molecule has 7 nitrogen and oxygen atoms in total. The maximum atomic E-state index is 13.3. The number of carbonyl (C=O) groups is 1. The summed E-state index contributed by atoms with van der Waals surface area (Å²) in [5, 5.41) is -0.599. The van der Waals surface area contributed by atoms with Crippen molar-refractivity contribution in [1.29, 1.82) is 0 Å². The molecule has 8 heteroatoms. The maximum absolute atomic E-state index is 13.3. The topological polar surface area (TPSA) is 76.2 Å². The number of benzene rings is 2. The van der Waals surface area contributed by atoms with E-state index in [2.05, 4.69) is 0 Å². The lowest BCUT2D eigenvalue weighted by Crippen LogP contribution is -2.56. The first kappa shape index (κ1) is 20.5. The van der Waals surface area contributed by atoms with Gasteiger partial charge in [0.2, 0.25) is 15.9 Å². The molecule has 0 aliphatic carbocycles. The lowest BCUT2D eigenvalue weighted by molar-refractivity contribution is -0.150. The number of ether oxygens (including phenoxy) is 2. The van der Waals surface area contributed by atoms with Crippen LogP contribution in [0.4, 0.5) is 0 Å². The monoisotopic (exact) mass is 442 g/mol. The number of nitrogens with zero attached hydrogens (tertiary/aromatic N) is 2. The molecule has 3 saturated heterocycles. The molecule has 5 rings (SSSR count). The van der Waals surface area contributed by atoms with Crippen molar-refractivity contribution >= 4 is 15.9 Å². The number of fused-ring (bicyclic) bond motifs is 1. The highest BCUT2D eigenvalue weighted by molar-refractivity contribution is 7.90. The summed E-state index contributed by atoms with van der Waals surface area (Å²) in [7, 11) is -1.91. The first-order chi connectivity index (χ1) is 14.9. The number of likely N-dealkylation sites (tertiary alicyclic amines) is 1. The normalized spacial score (nSPS) is 29.0. The van der Waals surface area contributed by atoms with Crippen molar-refractivity contribution in [3.05, 3.63) is 65.7 Å². The van der Waals surface area contributed by atoms with E-state index in [9.17, 15) is 13.2 Å². The Morgan fingerprint density at radius 2 is 1.84 bits per heavy atom. The number of amides is 1. The molecule has 31 heavy (non-hydrogen) atoms. The van der Waals surface area contributed by atoms with E-state index in [1.807, 2.05) is 54.6 Å². The highest BCUT2D eigenvalue weighted by atomic mass is 32.2. The average molecular weight is 443 g/mol. The van der Waals surface area contributed by atoms with Crippen molar-refractivity contribution in [3.63, 3.8) is 0 Å². The van der Waals surface area contributed by atoms with Crippen LogP contribution in [0.5, 0.6) is 5.75 Å². The third-order valence-corrected chi connectivity index (χ3v) is 8.90. The summed E-state index contributed by atoms with van der Waals surface area (Å²) in [4.78, 5) is 14.8. The number of sulfonamides is 1. The fourth-order valence-corrected chi connectivity index (χ4v) is 7.39. The van der Waals surface area contributed by atoms with Gasteiger partial charge in [-0.05, 0) is 29.7 Å². The van der Waals surface area contributed by atoms with E-state index in [1.165, 1.54) is 4.31 Å². The zero-order valence-electron chi connectivity index (χ0n) is 17.4. The Hall–Kier alpha value is -2.42. The summed E-state index contributed by atoms with van der Waals surface area (Å²) in [6.45, 7) is 1.34. The third-order valence-electron chi connectivity index (χ3n) is 6.58. The van der Waals surface area contributed by atoms with E-state index in [1.54, 1.807) is 12.0 Å². The quantitative estimate of drug-likeness (QED) is 0.706. The van der Waals surface area contributed by atoms with E-state index in [0.717, 1.165) is 16.9 Å². The number of hydrogen-bond donors (Lipinski definition) is 0. The SMILES string of the molecule is COc1ccc(CN2C[C@@]34CN(C(=O)Cc5ccccc5)C[C@@H](C[C@@H]3S2(=O)=O)O4)cc1. The van der Waals surface area contributed by atoms with E-state index < -0.39 is 20.9 Å². The Labute approximate surface area is 182 Å². The van der Waals surface area contributed by atoms with Gasteiger partial charge in [-0.25, -0.2) is 8.42 Å². The van der Waals surface area contributed by atoms with Crippen molar-refractivity contribution in [1.82, 2.24) is 9.21 Å². The average Bonchev–Trinajstić information content (AvgIpc) is 3.14. The van der Waals surface area contributed by atoms with Crippen LogP contribution >= 0.6 is 0 Å². The minimum atomic E-state index is -3.51. The molecule has 0 saturated carbocycles. The van der Waals surface area contributed by atoms with Gasteiger partial charge in [-0.15, -0.1) is 0 Å². The second-order valence-corrected chi connectivity index (χ2v) is 10.7. The third kappa shape index (κ3) is 3.62. The lowest BCUT2D eigenvalue weighted by atomic mass is 9.99. The zero-order chi connectivity index (χ0) is 21.6.